The molecule has 16 heavy (non-hydrogen) atoms. The zero-order valence-corrected chi connectivity index (χ0v) is 9.38. The van der Waals surface area contributed by atoms with Crippen molar-refractivity contribution in [3.63, 3.8) is 0 Å². The Morgan fingerprint density at radius 2 is 1.94 bits per heavy atom. The van der Waals surface area contributed by atoms with E-state index in [1.165, 1.54) is 24.3 Å². The van der Waals surface area contributed by atoms with Gasteiger partial charge in [-0.1, -0.05) is 6.92 Å². The molecule has 1 unspecified atom stereocenters. The van der Waals surface area contributed by atoms with Crippen LogP contribution in [0.15, 0.2) is 24.3 Å². The number of Topliss-reactive ketones (excluding diaryl/α,β-unsaturated/α-hetero) is 1. The summed E-state index contributed by atoms with van der Waals surface area (Å²) in [6.07, 6.45) is 0.523. The average molecular weight is 249 g/mol. The first kappa shape index (κ1) is 12.9. The van der Waals surface area contributed by atoms with Gasteiger partial charge in [0.2, 0.25) is 0 Å². The molecule has 0 aromatic heterocycles. The third kappa shape index (κ3) is 3.45. The molecule has 0 aliphatic rings. The van der Waals surface area contributed by atoms with E-state index in [1.807, 2.05) is 0 Å². The highest BCUT2D eigenvalue weighted by Gasteiger charge is 2.15. The molecular formula is C11H11ClF2O2. The SMILES string of the molecule is CCC(Cl)C(=O)c1ccc(OC(F)F)cc1. The highest BCUT2D eigenvalue weighted by atomic mass is 35.5. The van der Waals surface area contributed by atoms with Gasteiger partial charge in [-0.15, -0.1) is 11.6 Å². The van der Waals surface area contributed by atoms with Gasteiger partial charge in [0, 0.05) is 5.56 Å². The van der Waals surface area contributed by atoms with Crippen LogP contribution in [0.25, 0.3) is 0 Å². The number of rotatable bonds is 5. The summed E-state index contributed by atoms with van der Waals surface area (Å²) in [5.41, 5.74) is 0.392. The molecule has 0 radical (unpaired) electrons. The molecule has 1 atom stereocenters. The van der Waals surface area contributed by atoms with E-state index in [-0.39, 0.29) is 11.5 Å². The van der Waals surface area contributed by atoms with Gasteiger partial charge in [-0.3, -0.25) is 4.79 Å². The second-order valence-electron chi connectivity index (χ2n) is 3.14. The zero-order chi connectivity index (χ0) is 12.1. The van der Waals surface area contributed by atoms with Crippen LogP contribution in [-0.4, -0.2) is 17.8 Å². The quantitative estimate of drug-likeness (QED) is 0.589. The van der Waals surface area contributed by atoms with E-state index in [2.05, 4.69) is 4.74 Å². The van der Waals surface area contributed by atoms with Crippen LogP contribution in [0.5, 0.6) is 5.75 Å². The molecule has 88 valence electrons. The Bertz CT molecular complexity index is 352. The number of hydrogen-bond acceptors (Lipinski definition) is 2. The van der Waals surface area contributed by atoms with Gasteiger partial charge < -0.3 is 4.74 Å². The number of hydrogen-bond donors (Lipinski definition) is 0. The summed E-state index contributed by atoms with van der Waals surface area (Å²) in [5, 5.41) is -0.582. The normalized spacial score (nSPS) is 12.6. The monoisotopic (exact) mass is 248 g/mol. The molecule has 0 fully saturated rings. The third-order valence-corrected chi connectivity index (χ3v) is 2.51. The van der Waals surface area contributed by atoms with Gasteiger partial charge in [0.1, 0.15) is 5.75 Å². The molecule has 0 spiro atoms. The topological polar surface area (TPSA) is 26.3 Å². The molecule has 0 aliphatic heterocycles. The molecule has 1 aromatic carbocycles. The van der Waals surface area contributed by atoms with E-state index in [9.17, 15) is 13.6 Å². The van der Waals surface area contributed by atoms with Gasteiger partial charge in [0.25, 0.3) is 0 Å². The molecule has 1 aromatic rings. The Kier molecular flexibility index (Phi) is 4.68. The Morgan fingerprint density at radius 1 is 1.38 bits per heavy atom. The molecule has 0 amide bonds. The van der Waals surface area contributed by atoms with Crippen molar-refractivity contribution in [1.82, 2.24) is 0 Å². The molecule has 0 bridgehead atoms. The number of alkyl halides is 3. The maximum absolute atomic E-state index is 11.9. The molecule has 0 heterocycles. The predicted molar refractivity (Wildman–Crippen MR) is 57.3 cm³/mol. The molecule has 1 rings (SSSR count). The molecule has 2 nitrogen and oxygen atoms in total. The van der Waals surface area contributed by atoms with Crippen LogP contribution in [0.1, 0.15) is 23.7 Å². The van der Waals surface area contributed by atoms with Crippen molar-refractivity contribution >= 4 is 17.4 Å². The lowest BCUT2D eigenvalue weighted by molar-refractivity contribution is -0.0498. The smallest absolute Gasteiger partial charge is 0.387 e. The molecular weight excluding hydrogens is 238 g/mol. The number of benzene rings is 1. The average Bonchev–Trinajstić information content (AvgIpc) is 2.27. The van der Waals surface area contributed by atoms with Crippen LogP contribution >= 0.6 is 11.6 Å². The van der Waals surface area contributed by atoms with E-state index in [0.29, 0.717) is 12.0 Å². The lowest BCUT2D eigenvalue weighted by Crippen LogP contribution is -2.13. The summed E-state index contributed by atoms with van der Waals surface area (Å²) in [5.74, 6) is -0.193. The van der Waals surface area contributed by atoms with Crippen molar-refractivity contribution in [1.29, 1.82) is 0 Å². The molecule has 0 aliphatic carbocycles. The largest absolute Gasteiger partial charge is 0.435 e. The van der Waals surface area contributed by atoms with Crippen LogP contribution in [0.3, 0.4) is 0 Å². The van der Waals surface area contributed by atoms with Crippen LogP contribution in [0.4, 0.5) is 8.78 Å². The fourth-order valence-electron chi connectivity index (χ4n) is 1.17. The standard InChI is InChI=1S/C11H11ClF2O2/c1-2-9(12)10(15)7-3-5-8(6-4-7)16-11(13)14/h3-6,9,11H,2H2,1H3. The van der Waals surface area contributed by atoms with Gasteiger partial charge >= 0.3 is 6.61 Å². The second-order valence-corrected chi connectivity index (χ2v) is 3.67. The van der Waals surface area contributed by atoms with Gasteiger partial charge in [-0.25, -0.2) is 0 Å². The van der Waals surface area contributed by atoms with Crippen LogP contribution in [0.2, 0.25) is 0 Å². The Morgan fingerprint density at radius 3 is 2.38 bits per heavy atom. The summed E-state index contributed by atoms with van der Waals surface area (Å²) < 4.78 is 27.9. The number of ether oxygens (including phenoxy) is 1. The van der Waals surface area contributed by atoms with Gasteiger partial charge in [0.05, 0.1) is 5.38 Å². The minimum atomic E-state index is -2.86. The molecule has 0 N–H and O–H groups in total. The van der Waals surface area contributed by atoms with Crippen LogP contribution in [0, 0.1) is 0 Å². The Hall–Kier alpha value is -1.16. The second kappa shape index (κ2) is 5.80. The predicted octanol–water partition coefficient (Wildman–Crippen LogP) is 3.49. The summed E-state index contributed by atoms with van der Waals surface area (Å²) in [4.78, 5) is 11.6. The van der Waals surface area contributed by atoms with Crippen molar-refractivity contribution in [2.45, 2.75) is 25.3 Å². The summed E-state index contributed by atoms with van der Waals surface area (Å²) in [7, 11) is 0. The van der Waals surface area contributed by atoms with E-state index in [4.69, 9.17) is 11.6 Å². The van der Waals surface area contributed by atoms with Crippen molar-refractivity contribution in [2.24, 2.45) is 0 Å². The van der Waals surface area contributed by atoms with E-state index < -0.39 is 12.0 Å². The minimum absolute atomic E-state index is 0.0224. The maximum atomic E-state index is 11.9. The lowest BCUT2D eigenvalue weighted by Gasteiger charge is -2.07. The minimum Gasteiger partial charge on any atom is -0.435 e. The third-order valence-electron chi connectivity index (χ3n) is 2.01. The first-order valence-electron chi connectivity index (χ1n) is 4.77. The molecule has 0 saturated heterocycles. The van der Waals surface area contributed by atoms with Crippen molar-refractivity contribution in [2.75, 3.05) is 0 Å². The Labute approximate surface area is 97.2 Å². The first-order valence-corrected chi connectivity index (χ1v) is 5.21. The van der Waals surface area contributed by atoms with Gasteiger partial charge in [-0.2, -0.15) is 8.78 Å². The molecule has 0 saturated carbocycles. The van der Waals surface area contributed by atoms with E-state index >= 15 is 0 Å². The van der Waals surface area contributed by atoms with Crippen molar-refractivity contribution in [3.05, 3.63) is 29.8 Å². The number of carbonyl (C=O) groups is 1. The summed E-state index contributed by atoms with van der Waals surface area (Å²) in [6.45, 7) is -1.07. The van der Waals surface area contributed by atoms with Gasteiger partial charge in [-0.05, 0) is 30.7 Å². The zero-order valence-electron chi connectivity index (χ0n) is 8.62. The number of halogens is 3. The number of carbonyl (C=O) groups excluding carboxylic acids is 1. The number of ketones is 1. The van der Waals surface area contributed by atoms with Crippen LogP contribution < -0.4 is 4.74 Å². The van der Waals surface area contributed by atoms with Crippen molar-refractivity contribution in [3.8, 4) is 5.75 Å². The first-order chi connectivity index (χ1) is 7.54. The highest BCUT2D eigenvalue weighted by Crippen LogP contribution is 2.17. The van der Waals surface area contributed by atoms with E-state index in [0.717, 1.165) is 0 Å². The molecule has 5 heteroatoms. The highest BCUT2D eigenvalue weighted by molar-refractivity contribution is 6.33. The lowest BCUT2D eigenvalue weighted by atomic mass is 10.1. The Balaban J connectivity index is 2.74. The van der Waals surface area contributed by atoms with Crippen LogP contribution in [-0.2, 0) is 0 Å². The van der Waals surface area contributed by atoms with Crippen molar-refractivity contribution < 1.29 is 18.3 Å². The summed E-state index contributed by atoms with van der Waals surface area (Å²) in [6, 6.07) is 5.48. The van der Waals surface area contributed by atoms with Gasteiger partial charge in [0.15, 0.2) is 5.78 Å². The fourth-order valence-corrected chi connectivity index (χ4v) is 1.29. The fraction of sp³-hybridized carbons (Fsp3) is 0.364. The van der Waals surface area contributed by atoms with E-state index in [1.54, 1.807) is 6.92 Å². The summed E-state index contributed by atoms with van der Waals surface area (Å²) >= 11 is 5.77. The maximum Gasteiger partial charge on any atom is 0.387 e.